The number of hydrogen-bond acceptors (Lipinski definition) is 5. The van der Waals surface area contributed by atoms with Crippen molar-refractivity contribution in [2.45, 2.75) is 13.0 Å². The molecule has 7 heteroatoms. The number of halogens is 1. The molecule has 1 amide bonds. The van der Waals surface area contributed by atoms with E-state index in [-0.39, 0.29) is 12.3 Å². The Hall–Kier alpha value is -1.63. The number of amides is 1. The predicted molar refractivity (Wildman–Crippen MR) is 83.2 cm³/mol. The van der Waals surface area contributed by atoms with Gasteiger partial charge in [-0.15, -0.1) is 11.3 Å². The fourth-order valence-corrected chi connectivity index (χ4v) is 2.75. The van der Waals surface area contributed by atoms with E-state index >= 15 is 0 Å². The third kappa shape index (κ3) is 4.17. The minimum Gasteiger partial charge on any atom is -0.496 e. The van der Waals surface area contributed by atoms with Crippen molar-refractivity contribution in [1.29, 1.82) is 0 Å². The molecule has 5 nitrogen and oxygen atoms in total. The van der Waals surface area contributed by atoms with Crippen molar-refractivity contribution in [2.24, 2.45) is 0 Å². The molecule has 1 heterocycles. The van der Waals surface area contributed by atoms with Crippen LogP contribution in [0.1, 0.15) is 11.3 Å². The number of carbonyl (C=O) groups excluding carboxylic acids is 1. The first-order chi connectivity index (χ1) is 10.1. The van der Waals surface area contributed by atoms with Gasteiger partial charge in [-0.3, -0.25) is 4.79 Å². The molecule has 112 valence electrons. The third-order valence-electron chi connectivity index (χ3n) is 2.72. The average molecular weight is 327 g/mol. The molecule has 2 rings (SSSR count). The minimum atomic E-state index is -0.195. The molecule has 0 atom stereocenters. The fraction of sp³-hybridized carbons (Fsp3) is 0.286. The van der Waals surface area contributed by atoms with Crippen molar-refractivity contribution in [3.63, 3.8) is 0 Å². The van der Waals surface area contributed by atoms with E-state index in [1.165, 1.54) is 11.3 Å². The summed E-state index contributed by atoms with van der Waals surface area (Å²) in [4.78, 5) is 16.3. The van der Waals surface area contributed by atoms with Crippen LogP contribution in [-0.4, -0.2) is 25.1 Å². The lowest BCUT2D eigenvalue weighted by Crippen LogP contribution is -2.15. The molecule has 0 saturated carbocycles. The molecule has 0 aliphatic carbocycles. The third-order valence-corrected chi connectivity index (χ3v) is 3.88. The van der Waals surface area contributed by atoms with Gasteiger partial charge in [-0.2, -0.15) is 0 Å². The Kier molecular flexibility index (Phi) is 5.55. The maximum Gasteiger partial charge on any atom is 0.230 e. The number of rotatable bonds is 6. The van der Waals surface area contributed by atoms with E-state index in [0.29, 0.717) is 28.1 Å². The van der Waals surface area contributed by atoms with E-state index in [0.717, 1.165) is 5.69 Å². The zero-order valence-electron chi connectivity index (χ0n) is 11.7. The number of methoxy groups -OCH3 is 2. The van der Waals surface area contributed by atoms with Crippen LogP contribution in [0, 0.1) is 0 Å². The molecule has 0 aliphatic rings. The lowest BCUT2D eigenvalue weighted by atomic mass is 10.1. The van der Waals surface area contributed by atoms with E-state index in [9.17, 15) is 4.79 Å². The Labute approximate surface area is 131 Å². The zero-order chi connectivity index (χ0) is 15.2. The Morgan fingerprint density at radius 2 is 2.24 bits per heavy atom. The molecule has 1 aromatic carbocycles. The van der Waals surface area contributed by atoms with Crippen LogP contribution < -0.4 is 10.1 Å². The molecular weight excluding hydrogens is 312 g/mol. The van der Waals surface area contributed by atoms with Gasteiger partial charge in [0.05, 0.1) is 25.8 Å². The second kappa shape index (κ2) is 7.40. The SMILES string of the molecule is COCc1csc(NC(=O)Cc2c(Cl)cccc2OC)n1. The van der Waals surface area contributed by atoms with E-state index in [1.807, 2.05) is 5.38 Å². The summed E-state index contributed by atoms with van der Waals surface area (Å²) in [5.74, 6) is 0.400. The molecule has 0 unspecified atom stereocenters. The van der Waals surface area contributed by atoms with Crippen molar-refractivity contribution in [2.75, 3.05) is 19.5 Å². The highest BCUT2D eigenvalue weighted by molar-refractivity contribution is 7.13. The monoisotopic (exact) mass is 326 g/mol. The second-order valence-corrected chi connectivity index (χ2v) is 5.49. The lowest BCUT2D eigenvalue weighted by Gasteiger charge is -2.09. The van der Waals surface area contributed by atoms with Crippen LogP contribution in [0.25, 0.3) is 0 Å². The number of anilines is 1. The van der Waals surface area contributed by atoms with Gasteiger partial charge in [-0.1, -0.05) is 17.7 Å². The first-order valence-corrected chi connectivity index (χ1v) is 7.44. The lowest BCUT2D eigenvalue weighted by molar-refractivity contribution is -0.115. The van der Waals surface area contributed by atoms with Gasteiger partial charge >= 0.3 is 0 Å². The molecule has 2 aromatic rings. The molecule has 0 spiro atoms. The Morgan fingerprint density at radius 3 is 2.95 bits per heavy atom. The van der Waals surface area contributed by atoms with Crippen LogP contribution in [0.15, 0.2) is 23.6 Å². The molecule has 0 saturated heterocycles. The maximum atomic E-state index is 12.1. The van der Waals surface area contributed by atoms with E-state index in [2.05, 4.69) is 10.3 Å². The van der Waals surface area contributed by atoms with Crippen molar-refractivity contribution in [3.05, 3.63) is 39.9 Å². The second-order valence-electron chi connectivity index (χ2n) is 4.22. The van der Waals surface area contributed by atoms with Gasteiger partial charge in [0, 0.05) is 23.1 Å². The molecular formula is C14H15ClN2O3S. The largest absolute Gasteiger partial charge is 0.496 e. The zero-order valence-corrected chi connectivity index (χ0v) is 13.3. The Bertz CT molecular complexity index is 630. The summed E-state index contributed by atoms with van der Waals surface area (Å²) in [5, 5.41) is 5.63. The molecule has 21 heavy (non-hydrogen) atoms. The normalized spacial score (nSPS) is 10.4. The summed E-state index contributed by atoms with van der Waals surface area (Å²) in [5.41, 5.74) is 1.45. The quantitative estimate of drug-likeness (QED) is 0.886. The van der Waals surface area contributed by atoms with Crippen molar-refractivity contribution >= 4 is 34.0 Å². The van der Waals surface area contributed by atoms with Gasteiger partial charge in [0.25, 0.3) is 0 Å². The highest BCUT2D eigenvalue weighted by atomic mass is 35.5. The summed E-state index contributed by atoms with van der Waals surface area (Å²) in [6.45, 7) is 0.421. The summed E-state index contributed by atoms with van der Waals surface area (Å²) in [6.07, 6.45) is 0.127. The molecule has 0 fully saturated rings. The van der Waals surface area contributed by atoms with E-state index in [1.54, 1.807) is 32.4 Å². The summed E-state index contributed by atoms with van der Waals surface area (Å²) < 4.78 is 10.2. The summed E-state index contributed by atoms with van der Waals surface area (Å²) in [7, 11) is 3.15. The number of hydrogen-bond donors (Lipinski definition) is 1. The Morgan fingerprint density at radius 1 is 1.43 bits per heavy atom. The number of benzene rings is 1. The first kappa shape index (κ1) is 15.8. The van der Waals surface area contributed by atoms with Gasteiger partial charge in [0.1, 0.15) is 5.75 Å². The van der Waals surface area contributed by atoms with Crippen LogP contribution in [0.5, 0.6) is 5.75 Å². The van der Waals surface area contributed by atoms with Crippen LogP contribution in [0.2, 0.25) is 5.02 Å². The van der Waals surface area contributed by atoms with Crippen LogP contribution in [-0.2, 0) is 22.6 Å². The molecule has 1 N–H and O–H groups in total. The first-order valence-electron chi connectivity index (χ1n) is 6.18. The number of ether oxygens (including phenoxy) is 2. The van der Waals surface area contributed by atoms with Crippen molar-refractivity contribution < 1.29 is 14.3 Å². The summed E-state index contributed by atoms with van der Waals surface area (Å²) >= 11 is 7.47. The van der Waals surface area contributed by atoms with Crippen LogP contribution in [0.4, 0.5) is 5.13 Å². The topological polar surface area (TPSA) is 60.5 Å². The van der Waals surface area contributed by atoms with E-state index < -0.39 is 0 Å². The smallest absolute Gasteiger partial charge is 0.230 e. The molecule has 1 aromatic heterocycles. The van der Waals surface area contributed by atoms with Crippen molar-refractivity contribution in [1.82, 2.24) is 4.98 Å². The van der Waals surface area contributed by atoms with Gasteiger partial charge in [-0.05, 0) is 12.1 Å². The fourth-order valence-electron chi connectivity index (χ4n) is 1.80. The predicted octanol–water partition coefficient (Wildman–Crippen LogP) is 3.13. The minimum absolute atomic E-state index is 0.127. The van der Waals surface area contributed by atoms with Crippen molar-refractivity contribution in [3.8, 4) is 5.75 Å². The molecule has 0 bridgehead atoms. The maximum absolute atomic E-state index is 12.1. The van der Waals surface area contributed by atoms with Gasteiger partial charge < -0.3 is 14.8 Å². The van der Waals surface area contributed by atoms with Crippen LogP contribution >= 0.6 is 22.9 Å². The number of thiazole rings is 1. The van der Waals surface area contributed by atoms with Gasteiger partial charge in [-0.25, -0.2) is 4.98 Å². The number of nitrogens with one attached hydrogen (secondary N) is 1. The number of aromatic nitrogens is 1. The standard InChI is InChI=1S/C14H15ClN2O3S/c1-19-7-9-8-21-14(16-9)17-13(18)6-10-11(15)4-3-5-12(10)20-2/h3-5,8H,6-7H2,1-2H3,(H,16,17,18). The summed E-state index contributed by atoms with van der Waals surface area (Å²) in [6, 6.07) is 5.28. The van der Waals surface area contributed by atoms with Gasteiger partial charge in [0.15, 0.2) is 5.13 Å². The van der Waals surface area contributed by atoms with Crippen LogP contribution in [0.3, 0.4) is 0 Å². The van der Waals surface area contributed by atoms with E-state index in [4.69, 9.17) is 21.1 Å². The highest BCUT2D eigenvalue weighted by Gasteiger charge is 2.13. The van der Waals surface area contributed by atoms with Gasteiger partial charge in [0.2, 0.25) is 5.91 Å². The average Bonchev–Trinajstić information content (AvgIpc) is 2.88. The number of nitrogens with zero attached hydrogens (tertiary/aromatic N) is 1. The molecule has 0 aliphatic heterocycles. The Balaban J connectivity index is 2.04. The molecule has 0 radical (unpaired) electrons. The number of carbonyl (C=O) groups is 1. The highest BCUT2D eigenvalue weighted by Crippen LogP contribution is 2.27.